The fourth-order valence-electron chi connectivity index (χ4n) is 2.80. The minimum atomic E-state index is 0.288. The van der Waals surface area contributed by atoms with Gasteiger partial charge in [-0.25, -0.2) is 0 Å². The highest BCUT2D eigenvalue weighted by atomic mass is 16.5. The van der Waals surface area contributed by atoms with Crippen molar-refractivity contribution in [1.29, 1.82) is 0 Å². The van der Waals surface area contributed by atoms with Crippen LogP contribution in [0.1, 0.15) is 5.56 Å². The van der Waals surface area contributed by atoms with E-state index in [1.54, 1.807) is 19.2 Å². The average Bonchev–Trinajstić information content (AvgIpc) is 2.66. The Bertz CT molecular complexity index is 1020. The standard InChI is InChI=1S/C11H10O2.C11H10O/c1-13-11-7-6-10(12)8-4-2-3-5-9(8)11;1-8-6-7-9-4-2-3-5-10(9)11(8)12/h2-7,12H,1H3;2-7,12H,1H3. The molecule has 4 rings (SSSR count). The van der Waals surface area contributed by atoms with Crippen LogP contribution in [-0.4, -0.2) is 17.3 Å². The number of methoxy groups -OCH3 is 1. The lowest BCUT2D eigenvalue weighted by Gasteiger charge is -2.05. The predicted molar refractivity (Wildman–Crippen MR) is 103 cm³/mol. The van der Waals surface area contributed by atoms with Gasteiger partial charge in [0, 0.05) is 16.2 Å². The third-order valence-electron chi connectivity index (χ3n) is 4.18. The van der Waals surface area contributed by atoms with Crippen LogP contribution in [0, 0.1) is 6.92 Å². The molecule has 0 aliphatic heterocycles. The van der Waals surface area contributed by atoms with Crippen LogP contribution in [-0.2, 0) is 0 Å². The number of hydrogen-bond donors (Lipinski definition) is 2. The van der Waals surface area contributed by atoms with E-state index in [1.165, 1.54) is 0 Å². The molecule has 0 saturated carbocycles. The fourth-order valence-corrected chi connectivity index (χ4v) is 2.80. The molecule has 0 spiro atoms. The fraction of sp³-hybridized carbons (Fsp3) is 0.0909. The number of phenols is 2. The normalized spacial score (nSPS) is 10.3. The molecule has 0 atom stereocenters. The first-order valence-electron chi connectivity index (χ1n) is 8.04. The van der Waals surface area contributed by atoms with Gasteiger partial charge in [-0.15, -0.1) is 0 Å². The molecule has 25 heavy (non-hydrogen) atoms. The molecular weight excluding hydrogens is 312 g/mol. The predicted octanol–water partition coefficient (Wildman–Crippen LogP) is 5.41. The second-order valence-corrected chi connectivity index (χ2v) is 5.78. The molecule has 4 aromatic rings. The molecule has 4 aromatic carbocycles. The van der Waals surface area contributed by atoms with Crippen LogP contribution in [0.3, 0.4) is 0 Å². The highest BCUT2D eigenvalue weighted by Crippen LogP contribution is 2.31. The molecule has 0 aromatic heterocycles. The van der Waals surface area contributed by atoms with Crippen LogP contribution in [0.2, 0.25) is 0 Å². The van der Waals surface area contributed by atoms with Crippen LogP contribution < -0.4 is 4.74 Å². The first kappa shape index (κ1) is 16.7. The average molecular weight is 332 g/mol. The molecule has 0 heterocycles. The Morgan fingerprint density at radius 3 is 2.04 bits per heavy atom. The highest BCUT2D eigenvalue weighted by Gasteiger charge is 2.03. The summed E-state index contributed by atoms with van der Waals surface area (Å²) in [7, 11) is 1.62. The maximum atomic E-state index is 9.66. The largest absolute Gasteiger partial charge is 0.507 e. The summed E-state index contributed by atoms with van der Waals surface area (Å²) in [5, 5.41) is 23.0. The second-order valence-electron chi connectivity index (χ2n) is 5.78. The lowest BCUT2D eigenvalue weighted by molar-refractivity contribution is 0.418. The van der Waals surface area contributed by atoms with Gasteiger partial charge in [0.25, 0.3) is 0 Å². The van der Waals surface area contributed by atoms with E-state index >= 15 is 0 Å². The number of aromatic hydroxyl groups is 2. The molecule has 0 aliphatic rings. The van der Waals surface area contributed by atoms with Crippen molar-refractivity contribution < 1.29 is 14.9 Å². The summed E-state index contributed by atoms with van der Waals surface area (Å²) in [5.74, 6) is 1.47. The zero-order chi connectivity index (χ0) is 17.8. The van der Waals surface area contributed by atoms with Gasteiger partial charge in [0.15, 0.2) is 0 Å². The lowest BCUT2D eigenvalue weighted by Crippen LogP contribution is -1.84. The van der Waals surface area contributed by atoms with Gasteiger partial charge in [0.1, 0.15) is 17.2 Å². The minimum absolute atomic E-state index is 0.288. The Balaban J connectivity index is 0.000000146. The Hall–Kier alpha value is -3.20. The topological polar surface area (TPSA) is 49.7 Å². The first-order chi connectivity index (χ1) is 12.1. The molecule has 0 aliphatic carbocycles. The molecule has 126 valence electrons. The quantitative estimate of drug-likeness (QED) is 0.490. The Morgan fingerprint density at radius 1 is 0.680 bits per heavy atom. The van der Waals surface area contributed by atoms with Gasteiger partial charge in [0.05, 0.1) is 7.11 Å². The summed E-state index contributed by atoms with van der Waals surface area (Å²) < 4.78 is 5.17. The summed E-state index contributed by atoms with van der Waals surface area (Å²) in [5.41, 5.74) is 0.925. The number of phenolic OH excluding ortho intramolecular Hbond substituents is 2. The maximum absolute atomic E-state index is 9.66. The van der Waals surface area contributed by atoms with Crippen molar-refractivity contribution in [2.24, 2.45) is 0 Å². The lowest BCUT2D eigenvalue weighted by atomic mass is 10.1. The third-order valence-corrected chi connectivity index (χ3v) is 4.18. The molecule has 2 N–H and O–H groups in total. The molecule has 0 unspecified atom stereocenters. The first-order valence-corrected chi connectivity index (χ1v) is 8.04. The van der Waals surface area contributed by atoms with Gasteiger partial charge in [-0.1, -0.05) is 60.7 Å². The molecule has 0 saturated heterocycles. The number of hydrogen-bond acceptors (Lipinski definition) is 3. The van der Waals surface area contributed by atoms with Crippen LogP contribution in [0.15, 0.2) is 72.8 Å². The molecule has 0 radical (unpaired) electrons. The van der Waals surface area contributed by atoms with Gasteiger partial charge >= 0.3 is 0 Å². The van der Waals surface area contributed by atoms with Crippen molar-refractivity contribution in [1.82, 2.24) is 0 Å². The van der Waals surface area contributed by atoms with Gasteiger partial charge < -0.3 is 14.9 Å². The van der Waals surface area contributed by atoms with E-state index in [1.807, 2.05) is 67.6 Å². The van der Waals surface area contributed by atoms with E-state index in [0.717, 1.165) is 32.9 Å². The van der Waals surface area contributed by atoms with Gasteiger partial charge in [0.2, 0.25) is 0 Å². The van der Waals surface area contributed by atoms with Crippen molar-refractivity contribution >= 4 is 21.5 Å². The van der Waals surface area contributed by atoms with Gasteiger partial charge in [-0.3, -0.25) is 0 Å². The van der Waals surface area contributed by atoms with Crippen LogP contribution in [0.5, 0.6) is 17.2 Å². The van der Waals surface area contributed by atoms with Crippen molar-refractivity contribution in [2.75, 3.05) is 7.11 Å². The molecule has 0 bridgehead atoms. The summed E-state index contributed by atoms with van der Waals surface area (Å²) in [6.45, 7) is 1.90. The van der Waals surface area contributed by atoms with E-state index in [9.17, 15) is 10.2 Å². The number of rotatable bonds is 1. The monoisotopic (exact) mass is 332 g/mol. The summed E-state index contributed by atoms with van der Waals surface area (Å²) in [6.07, 6.45) is 0. The van der Waals surface area contributed by atoms with Crippen molar-refractivity contribution in [3.63, 3.8) is 0 Å². The van der Waals surface area contributed by atoms with E-state index in [4.69, 9.17) is 4.74 Å². The number of benzene rings is 4. The summed E-state index contributed by atoms with van der Waals surface area (Å²) in [4.78, 5) is 0. The van der Waals surface area contributed by atoms with Crippen molar-refractivity contribution in [3.8, 4) is 17.2 Å². The SMILES string of the molecule is COc1ccc(O)c2ccccc12.Cc1ccc2ccccc2c1O. The van der Waals surface area contributed by atoms with Crippen molar-refractivity contribution in [2.45, 2.75) is 6.92 Å². The molecular formula is C22H20O3. The van der Waals surface area contributed by atoms with Gasteiger partial charge in [-0.2, -0.15) is 0 Å². The van der Waals surface area contributed by atoms with Crippen LogP contribution in [0.4, 0.5) is 0 Å². The van der Waals surface area contributed by atoms with E-state index in [2.05, 4.69) is 0 Å². The Morgan fingerprint density at radius 2 is 1.32 bits per heavy atom. The molecule has 0 amide bonds. The molecule has 0 fully saturated rings. The Labute approximate surface area is 146 Å². The van der Waals surface area contributed by atoms with Crippen LogP contribution in [0.25, 0.3) is 21.5 Å². The second kappa shape index (κ2) is 7.14. The summed E-state index contributed by atoms with van der Waals surface area (Å²) >= 11 is 0. The maximum Gasteiger partial charge on any atom is 0.126 e. The Kier molecular flexibility index (Phi) is 4.75. The van der Waals surface area contributed by atoms with E-state index in [-0.39, 0.29) is 5.75 Å². The van der Waals surface area contributed by atoms with Crippen molar-refractivity contribution in [3.05, 3.63) is 78.4 Å². The molecule has 3 nitrogen and oxygen atoms in total. The molecule has 3 heteroatoms. The minimum Gasteiger partial charge on any atom is -0.507 e. The third kappa shape index (κ3) is 3.36. The summed E-state index contributed by atoms with van der Waals surface area (Å²) in [6, 6.07) is 22.8. The van der Waals surface area contributed by atoms with E-state index in [0.29, 0.717) is 5.75 Å². The number of aryl methyl sites for hydroxylation is 1. The highest BCUT2D eigenvalue weighted by molar-refractivity contribution is 5.93. The van der Waals surface area contributed by atoms with E-state index < -0.39 is 0 Å². The van der Waals surface area contributed by atoms with Gasteiger partial charge in [-0.05, 0) is 30.0 Å². The zero-order valence-corrected chi connectivity index (χ0v) is 14.2. The smallest absolute Gasteiger partial charge is 0.126 e. The number of ether oxygens (including phenoxy) is 1. The van der Waals surface area contributed by atoms with Crippen LogP contribution >= 0.6 is 0 Å². The number of fused-ring (bicyclic) bond motifs is 2. The zero-order valence-electron chi connectivity index (χ0n) is 14.2.